The van der Waals surface area contributed by atoms with E-state index in [1.54, 1.807) is 37.4 Å². The molecule has 2 amide bonds. The minimum absolute atomic E-state index is 0.0716. The first-order chi connectivity index (χ1) is 15.7. The molecule has 33 heavy (non-hydrogen) atoms. The second kappa shape index (κ2) is 10.6. The Hall–Kier alpha value is -3.17. The summed E-state index contributed by atoms with van der Waals surface area (Å²) in [6.45, 7) is 9.35. The van der Waals surface area contributed by atoms with Gasteiger partial charge in [0.05, 0.1) is 16.3 Å². The highest BCUT2D eigenvalue weighted by molar-refractivity contribution is 9.10. The molecule has 8 nitrogen and oxygen atoms in total. The smallest absolute Gasteiger partial charge is 0.274 e. The lowest BCUT2D eigenvalue weighted by Gasteiger charge is -2.16. The van der Waals surface area contributed by atoms with Gasteiger partial charge in [0.25, 0.3) is 11.8 Å². The molecule has 172 valence electrons. The molecule has 10 heteroatoms. The maximum Gasteiger partial charge on any atom is 0.274 e. The number of hydrogen-bond donors (Lipinski definition) is 2. The highest BCUT2D eigenvalue weighted by Crippen LogP contribution is 2.28. The molecule has 0 aliphatic rings. The van der Waals surface area contributed by atoms with Crippen molar-refractivity contribution >= 4 is 45.0 Å². The van der Waals surface area contributed by atoms with E-state index in [1.807, 2.05) is 19.9 Å². The number of halogens is 2. The van der Waals surface area contributed by atoms with Gasteiger partial charge in [-0.05, 0) is 50.6 Å². The van der Waals surface area contributed by atoms with Gasteiger partial charge in [-0.25, -0.2) is 9.67 Å². The van der Waals surface area contributed by atoms with Crippen LogP contribution in [0, 0.1) is 6.92 Å². The zero-order valence-electron chi connectivity index (χ0n) is 18.4. The van der Waals surface area contributed by atoms with Crippen molar-refractivity contribution in [3.8, 4) is 11.7 Å². The first-order valence-corrected chi connectivity index (χ1v) is 11.2. The summed E-state index contributed by atoms with van der Waals surface area (Å²) in [6, 6.07) is 8.20. The zero-order chi connectivity index (χ0) is 24.1. The van der Waals surface area contributed by atoms with E-state index in [-0.39, 0.29) is 35.9 Å². The third-order valence-corrected chi connectivity index (χ3v) is 5.16. The lowest BCUT2D eigenvalue weighted by Crippen LogP contribution is -2.31. The Kier molecular flexibility index (Phi) is 7.88. The maximum atomic E-state index is 13.4. The van der Waals surface area contributed by atoms with Crippen molar-refractivity contribution in [1.29, 1.82) is 0 Å². The molecular weight excluding hydrogens is 510 g/mol. The number of carbonyl (C=O) groups is 2. The predicted molar refractivity (Wildman–Crippen MR) is 131 cm³/mol. The number of anilines is 1. The fourth-order valence-corrected chi connectivity index (χ4v) is 3.81. The Balaban J connectivity index is 2.05. The summed E-state index contributed by atoms with van der Waals surface area (Å²) >= 11 is 9.71. The van der Waals surface area contributed by atoms with Gasteiger partial charge in [-0.3, -0.25) is 9.59 Å². The first kappa shape index (κ1) is 24.5. The number of amides is 2. The molecule has 0 aliphatic heterocycles. The Morgan fingerprint density at radius 1 is 1.30 bits per heavy atom. The molecule has 0 fully saturated rings. The van der Waals surface area contributed by atoms with E-state index < -0.39 is 5.91 Å². The van der Waals surface area contributed by atoms with Crippen LogP contribution in [0.3, 0.4) is 0 Å². The molecule has 2 aromatic heterocycles. The van der Waals surface area contributed by atoms with E-state index in [4.69, 9.17) is 16.3 Å². The molecule has 0 saturated carbocycles. The average molecular weight is 533 g/mol. The molecule has 0 spiro atoms. The number of nitrogens with one attached hydrogen (secondary N) is 2. The summed E-state index contributed by atoms with van der Waals surface area (Å²) in [5.41, 5.74) is 1.55. The van der Waals surface area contributed by atoms with Crippen molar-refractivity contribution in [3.05, 3.63) is 75.5 Å². The fourth-order valence-electron chi connectivity index (χ4n) is 3.04. The molecule has 0 atom stereocenters. The van der Waals surface area contributed by atoms with Gasteiger partial charge in [0, 0.05) is 22.8 Å². The van der Waals surface area contributed by atoms with Gasteiger partial charge < -0.3 is 15.4 Å². The van der Waals surface area contributed by atoms with Gasteiger partial charge in [0.1, 0.15) is 12.3 Å². The minimum Gasteiger partial charge on any atom is -0.472 e. The molecule has 0 bridgehead atoms. The average Bonchev–Trinajstić information content (AvgIpc) is 3.17. The second-order valence-electron chi connectivity index (χ2n) is 7.42. The van der Waals surface area contributed by atoms with Gasteiger partial charge in [0.15, 0.2) is 5.82 Å². The molecule has 0 saturated heterocycles. The van der Waals surface area contributed by atoms with Crippen LogP contribution >= 0.6 is 27.5 Å². The van der Waals surface area contributed by atoms with Gasteiger partial charge in [0.2, 0.25) is 5.88 Å². The standard InChI is InChI=1S/C23H23BrClN5O3/c1-5-9-33-19-12-18(30(29-19)21-17(25)7-6-8-26-21)23(32)28-20-14(4)10-15(24)11-16(20)22(31)27-13(2)3/h5-8,10-13H,1,9H2,2-4H3,(H,27,31)(H,28,32). The van der Waals surface area contributed by atoms with Crippen molar-refractivity contribution in [3.63, 3.8) is 0 Å². The SMILES string of the molecule is C=CCOc1cc(C(=O)Nc2c(C)cc(Br)cc2C(=O)NC(C)C)n(-c2ncccc2Cl)n1. The maximum absolute atomic E-state index is 13.4. The molecule has 2 N–H and O–H groups in total. The van der Waals surface area contributed by atoms with Crippen LogP contribution in [0.2, 0.25) is 5.02 Å². The number of ether oxygens (including phenoxy) is 1. The number of aromatic nitrogens is 3. The van der Waals surface area contributed by atoms with Gasteiger partial charge >= 0.3 is 0 Å². The number of nitrogens with zero attached hydrogens (tertiary/aromatic N) is 3. The largest absolute Gasteiger partial charge is 0.472 e. The highest BCUT2D eigenvalue weighted by atomic mass is 79.9. The summed E-state index contributed by atoms with van der Waals surface area (Å²) < 4.78 is 7.54. The lowest BCUT2D eigenvalue weighted by atomic mass is 10.1. The van der Waals surface area contributed by atoms with Gasteiger partial charge in [-0.2, -0.15) is 0 Å². The van der Waals surface area contributed by atoms with Crippen LogP contribution in [0.4, 0.5) is 5.69 Å². The summed E-state index contributed by atoms with van der Waals surface area (Å²) in [6.07, 6.45) is 3.11. The molecule has 0 radical (unpaired) electrons. The van der Waals surface area contributed by atoms with Gasteiger partial charge in [-0.1, -0.05) is 40.2 Å². The van der Waals surface area contributed by atoms with Crippen molar-refractivity contribution in [1.82, 2.24) is 20.1 Å². The number of benzene rings is 1. The molecular formula is C23H23BrClN5O3. The van der Waals surface area contributed by atoms with Crippen LogP contribution in [0.25, 0.3) is 5.82 Å². The number of aryl methyl sites for hydroxylation is 1. The van der Waals surface area contributed by atoms with Crippen molar-refractivity contribution in [2.75, 3.05) is 11.9 Å². The third-order valence-electron chi connectivity index (χ3n) is 4.41. The van der Waals surface area contributed by atoms with Gasteiger partial charge in [-0.15, -0.1) is 5.10 Å². The third kappa shape index (κ3) is 5.80. The summed E-state index contributed by atoms with van der Waals surface area (Å²) in [4.78, 5) is 30.4. The second-order valence-corrected chi connectivity index (χ2v) is 8.74. The Labute approximate surface area is 205 Å². The summed E-state index contributed by atoms with van der Waals surface area (Å²) in [5, 5.41) is 10.3. The molecule has 3 aromatic rings. The minimum atomic E-state index is -0.512. The topological polar surface area (TPSA) is 98.1 Å². The van der Waals surface area contributed by atoms with Crippen LogP contribution in [0.5, 0.6) is 5.88 Å². The quantitative estimate of drug-likeness (QED) is 0.400. The van der Waals surface area contributed by atoms with Crippen LogP contribution in [-0.2, 0) is 0 Å². The van der Waals surface area contributed by atoms with Crippen LogP contribution < -0.4 is 15.4 Å². The summed E-state index contributed by atoms with van der Waals surface area (Å²) in [7, 11) is 0. The van der Waals surface area contributed by atoms with Crippen molar-refractivity contribution in [2.45, 2.75) is 26.8 Å². The van der Waals surface area contributed by atoms with E-state index in [0.717, 1.165) is 4.47 Å². The Bertz CT molecular complexity index is 1210. The number of pyridine rings is 1. The van der Waals surface area contributed by atoms with E-state index in [0.29, 0.717) is 21.8 Å². The Morgan fingerprint density at radius 2 is 2.06 bits per heavy atom. The van der Waals surface area contributed by atoms with E-state index in [2.05, 4.69) is 43.2 Å². The Morgan fingerprint density at radius 3 is 2.73 bits per heavy atom. The fraction of sp³-hybridized carbons (Fsp3) is 0.217. The number of rotatable bonds is 8. The van der Waals surface area contributed by atoms with Crippen molar-refractivity contribution < 1.29 is 14.3 Å². The lowest BCUT2D eigenvalue weighted by molar-refractivity contribution is 0.0944. The summed E-state index contributed by atoms with van der Waals surface area (Å²) in [5.74, 6) is -0.349. The van der Waals surface area contributed by atoms with E-state index >= 15 is 0 Å². The first-order valence-electron chi connectivity index (χ1n) is 10.1. The monoisotopic (exact) mass is 531 g/mol. The normalized spacial score (nSPS) is 10.7. The highest BCUT2D eigenvalue weighted by Gasteiger charge is 2.23. The van der Waals surface area contributed by atoms with Crippen molar-refractivity contribution in [2.24, 2.45) is 0 Å². The predicted octanol–water partition coefficient (Wildman–Crippen LogP) is 4.95. The van der Waals surface area contributed by atoms with E-state index in [9.17, 15) is 9.59 Å². The molecule has 1 aromatic carbocycles. The van der Waals surface area contributed by atoms with Crippen LogP contribution in [0.15, 0.2) is 53.7 Å². The van der Waals surface area contributed by atoms with Crippen LogP contribution in [0.1, 0.15) is 40.3 Å². The van der Waals surface area contributed by atoms with Crippen LogP contribution in [-0.4, -0.2) is 39.2 Å². The molecule has 2 heterocycles. The number of hydrogen-bond acceptors (Lipinski definition) is 5. The molecule has 0 unspecified atom stereocenters. The molecule has 3 rings (SSSR count). The zero-order valence-corrected chi connectivity index (χ0v) is 20.7. The molecule has 0 aliphatic carbocycles. The van der Waals surface area contributed by atoms with E-state index in [1.165, 1.54) is 10.7 Å². The number of carbonyl (C=O) groups excluding carboxylic acids is 2.